The highest BCUT2D eigenvalue weighted by atomic mass is 15.4. The minimum atomic E-state index is 0.538. The summed E-state index contributed by atoms with van der Waals surface area (Å²) < 4.78 is 2.02. The monoisotopic (exact) mass is 284 g/mol. The number of hydrogen-bond donors (Lipinski definition) is 1. The van der Waals surface area contributed by atoms with Gasteiger partial charge in [0.15, 0.2) is 0 Å². The van der Waals surface area contributed by atoms with Crippen molar-refractivity contribution < 1.29 is 0 Å². The van der Waals surface area contributed by atoms with Crippen molar-refractivity contribution in [2.24, 2.45) is 11.8 Å². The minimum Gasteiger partial charge on any atom is -0.319 e. The smallest absolute Gasteiger partial charge is 0.0732 e. The lowest BCUT2D eigenvalue weighted by molar-refractivity contribution is 0.239. The predicted octanol–water partition coefficient (Wildman–Crippen LogP) is 3.01. The molecule has 1 heterocycles. The second-order valence-electron chi connectivity index (χ2n) is 6.25. The topological polar surface area (TPSA) is 42.7 Å². The Morgan fingerprint density at radius 1 is 1.24 bits per heavy atom. The Morgan fingerprint density at radius 3 is 2.81 bits per heavy atom. The van der Waals surface area contributed by atoms with Crippen LogP contribution in [0.2, 0.25) is 0 Å². The SMILES string of the molecule is CNCC1CCC(C)CC1c1cnnn1-c1ccccc1. The molecule has 4 nitrogen and oxygen atoms in total. The van der Waals surface area contributed by atoms with Gasteiger partial charge < -0.3 is 5.32 Å². The van der Waals surface area contributed by atoms with Crippen LogP contribution in [0.1, 0.15) is 37.8 Å². The highest BCUT2D eigenvalue weighted by Gasteiger charge is 2.32. The summed E-state index contributed by atoms with van der Waals surface area (Å²) in [6.45, 7) is 3.43. The van der Waals surface area contributed by atoms with Gasteiger partial charge in [0.25, 0.3) is 0 Å². The first-order valence-electron chi connectivity index (χ1n) is 7.90. The van der Waals surface area contributed by atoms with E-state index in [0.717, 1.165) is 18.2 Å². The van der Waals surface area contributed by atoms with E-state index in [4.69, 9.17) is 0 Å². The molecule has 0 aliphatic heterocycles. The average molecular weight is 284 g/mol. The van der Waals surface area contributed by atoms with Gasteiger partial charge in [-0.05, 0) is 50.4 Å². The molecular weight excluding hydrogens is 260 g/mol. The Kier molecular flexibility index (Phi) is 4.34. The van der Waals surface area contributed by atoms with E-state index in [2.05, 4.69) is 46.8 Å². The van der Waals surface area contributed by atoms with Gasteiger partial charge in [0.05, 0.1) is 17.6 Å². The molecule has 0 spiro atoms. The first-order chi connectivity index (χ1) is 10.3. The number of rotatable bonds is 4. The second-order valence-corrected chi connectivity index (χ2v) is 6.25. The Balaban J connectivity index is 1.93. The summed E-state index contributed by atoms with van der Waals surface area (Å²) in [4.78, 5) is 0. The zero-order chi connectivity index (χ0) is 14.7. The van der Waals surface area contributed by atoms with E-state index >= 15 is 0 Å². The van der Waals surface area contributed by atoms with E-state index in [1.807, 2.05) is 24.0 Å². The average Bonchev–Trinajstić information content (AvgIpc) is 2.99. The Labute approximate surface area is 126 Å². The molecule has 0 amide bonds. The maximum atomic E-state index is 4.33. The maximum Gasteiger partial charge on any atom is 0.0732 e. The molecule has 112 valence electrons. The molecule has 0 radical (unpaired) electrons. The lowest BCUT2D eigenvalue weighted by atomic mass is 9.73. The van der Waals surface area contributed by atoms with Crippen LogP contribution in [0.25, 0.3) is 5.69 Å². The van der Waals surface area contributed by atoms with E-state index in [9.17, 15) is 0 Å². The van der Waals surface area contributed by atoms with Gasteiger partial charge in [0, 0.05) is 5.92 Å². The molecule has 1 aliphatic carbocycles. The van der Waals surface area contributed by atoms with Crippen molar-refractivity contribution in [2.45, 2.75) is 32.1 Å². The molecule has 3 atom stereocenters. The first-order valence-corrected chi connectivity index (χ1v) is 7.90. The summed E-state index contributed by atoms with van der Waals surface area (Å²) in [5.41, 5.74) is 2.36. The van der Waals surface area contributed by atoms with Gasteiger partial charge in [-0.1, -0.05) is 36.8 Å². The second kappa shape index (κ2) is 6.39. The van der Waals surface area contributed by atoms with Crippen LogP contribution < -0.4 is 5.32 Å². The number of nitrogens with zero attached hydrogens (tertiary/aromatic N) is 3. The third kappa shape index (κ3) is 3.00. The van der Waals surface area contributed by atoms with E-state index in [0.29, 0.717) is 11.8 Å². The van der Waals surface area contributed by atoms with Crippen LogP contribution in [0.4, 0.5) is 0 Å². The van der Waals surface area contributed by atoms with Crippen LogP contribution >= 0.6 is 0 Å². The molecular formula is C17H24N4. The van der Waals surface area contributed by atoms with Gasteiger partial charge in [0.1, 0.15) is 0 Å². The lowest BCUT2D eigenvalue weighted by Crippen LogP contribution is -2.31. The largest absolute Gasteiger partial charge is 0.319 e. The van der Waals surface area contributed by atoms with Gasteiger partial charge in [-0.15, -0.1) is 5.10 Å². The highest BCUT2D eigenvalue weighted by molar-refractivity contribution is 5.32. The predicted molar refractivity (Wildman–Crippen MR) is 84.5 cm³/mol. The van der Waals surface area contributed by atoms with Crippen molar-refractivity contribution in [3.05, 3.63) is 42.2 Å². The fraction of sp³-hybridized carbons (Fsp3) is 0.529. The molecule has 2 aromatic rings. The lowest BCUT2D eigenvalue weighted by Gasteiger charge is -2.34. The summed E-state index contributed by atoms with van der Waals surface area (Å²) in [6, 6.07) is 10.3. The van der Waals surface area contributed by atoms with Crippen LogP contribution in [0.15, 0.2) is 36.5 Å². The summed E-state index contributed by atoms with van der Waals surface area (Å²) >= 11 is 0. The van der Waals surface area contributed by atoms with Crippen LogP contribution in [0.5, 0.6) is 0 Å². The summed E-state index contributed by atoms with van der Waals surface area (Å²) in [6.07, 6.45) is 5.80. The Bertz CT molecular complexity index is 563. The zero-order valence-corrected chi connectivity index (χ0v) is 12.9. The van der Waals surface area contributed by atoms with E-state index < -0.39 is 0 Å². The standard InChI is InChI=1S/C17H24N4/c1-13-8-9-14(11-18-2)16(10-13)17-12-19-20-21(17)15-6-4-3-5-7-15/h3-7,12-14,16,18H,8-11H2,1-2H3. The molecule has 1 fully saturated rings. The quantitative estimate of drug-likeness (QED) is 0.938. The molecule has 0 bridgehead atoms. The van der Waals surface area contributed by atoms with Crippen molar-refractivity contribution in [2.75, 3.05) is 13.6 Å². The number of para-hydroxylation sites is 1. The molecule has 1 aliphatic rings. The molecule has 1 N–H and O–H groups in total. The van der Waals surface area contributed by atoms with Crippen LogP contribution in [-0.2, 0) is 0 Å². The molecule has 3 rings (SSSR count). The fourth-order valence-electron chi connectivity index (χ4n) is 3.58. The van der Waals surface area contributed by atoms with Crippen molar-refractivity contribution >= 4 is 0 Å². The summed E-state index contributed by atoms with van der Waals surface area (Å²) in [5.74, 6) is 1.99. The Morgan fingerprint density at radius 2 is 2.05 bits per heavy atom. The van der Waals surface area contributed by atoms with Crippen molar-refractivity contribution in [1.82, 2.24) is 20.3 Å². The minimum absolute atomic E-state index is 0.538. The van der Waals surface area contributed by atoms with Crippen LogP contribution in [0, 0.1) is 11.8 Å². The van der Waals surface area contributed by atoms with Gasteiger partial charge in [-0.3, -0.25) is 0 Å². The van der Waals surface area contributed by atoms with Gasteiger partial charge >= 0.3 is 0 Å². The summed E-state index contributed by atoms with van der Waals surface area (Å²) in [5, 5.41) is 11.9. The summed E-state index contributed by atoms with van der Waals surface area (Å²) in [7, 11) is 2.04. The van der Waals surface area contributed by atoms with Crippen LogP contribution in [-0.4, -0.2) is 28.6 Å². The van der Waals surface area contributed by atoms with Crippen molar-refractivity contribution in [3.63, 3.8) is 0 Å². The molecule has 1 saturated carbocycles. The Hall–Kier alpha value is -1.68. The van der Waals surface area contributed by atoms with E-state index in [-0.39, 0.29) is 0 Å². The van der Waals surface area contributed by atoms with E-state index in [1.165, 1.54) is 25.0 Å². The molecule has 21 heavy (non-hydrogen) atoms. The maximum absolute atomic E-state index is 4.33. The van der Waals surface area contributed by atoms with E-state index in [1.54, 1.807) is 0 Å². The third-order valence-electron chi connectivity index (χ3n) is 4.68. The van der Waals surface area contributed by atoms with Crippen LogP contribution in [0.3, 0.4) is 0 Å². The number of nitrogens with one attached hydrogen (secondary N) is 1. The van der Waals surface area contributed by atoms with Crippen molar-refractivity contribution in [1.29, 1.82) is 0 Å². The molecule has 0 saturated heterocycles. The molecule has 1 aromatic heterocycles. The van der Waals surface area contributed by atoms with Gasteiger partial charge in [0.2, 0.25) is 0 Å². The van der Waals surface area contributed by atoms with Gasteiger partial charge in [-0.2, -0.15) is 0 Å². The molecule has 1 aromatic carbocycles. The zero-order valence-electron chi connectivity index (χ0n) is 12.9. The van der Waals surface area contributed by atoms with Gasteiger partial charge in [-0.25, -0.2) is 4.68 Å². The number of hydrogen-bond acceptors (Lipinski definition) is 3. The number of aromatic nitrogens is 3. The highest BCUT2D eigenvalue weighted by Crippen LogP contribution is 2.40. The first kappa shape index (κ1) is 14.3. The molecule has 4 heteroatoms. The normalized spacial score (nSPS) is 25.9. The van der Waals surface area contributed by atoms with Crippen molar-refractivity contribution in [3.8, 4) is 5.69 Å². The molecule has 3 unspecified atom stereocenters. The number of benzene rings is 1. The fourth-order valence-corrected chi connectivity index (χ4v) is 3.58. The third-order valence-corrected chi connectivity index (χ3v) is 4.68.